The highest BCUT2D eigenvalue weighted by Crippen LogP contribution is 2.40. The summed E-state index contributed by atoms with van der Waals surface area (Å²) in [6.07, 6.45) is -10.1. The second-order valence-electron chi connectivity index (χ2n) is 6.76. The van der Waals surface area contributed by atoms with Crippen LogP contribution in [0.1, 0.15) is 22.3 Å². The van der Waals surface area contributed by atoms with Crippen molar-refractivity contribution in [3.05, 3.63) is 70.8 Å². The van der Waals surface area contributed by atoms with E-state index in [4.69, 9.17) is 5.73 Å². The van der Waals surface area contributed by atoms with Crippen LogP contribution in [0.4, 0.5) is 55.0 Å². The summed E-state index contributed by atoms with van der Waals surface area (Å²) in [7, 11) is 0. The van der Waals surface area contributed by atoms with Crippen molar-refractivity contribution in [2.45, 2.75) is 19.3 Å². The number of para-hydroxylation sites is 1. The number of nitrogens with one attached hydrogen (secondary N) is 1. The molecule has 0 fully saturated rings. The number of pyridine rings is 1. The first-order valence-corrected chi connectivity index (χ1v) is 9.13. The van der Waals surface area contributed by atoms with Crippen molar-refractivity contribution in [3.8, 4) is 6.07 Å². The summed E-state index contributed by atoms with van der Waals surface area (Å²) < 4.78 is 78.6. The molecule has 1 heterocycles. The third-order valence-corrected chi connectivity index (χ3v) is 4.43. The van der Waals surface area contributed by atoms with Crippen molar-refractivity contribution in [2.24, 2.45) is 10.2 Å². The lowest BCUT2D eigenvalue weighted by molar-refractivity contribution is -0.143. The van der Waals surface area contributed by atoms with Gasteiger partial charge in [-0.1, -0.05) is 18.2 Å². The fourth-order valence-electron chi connectivity index (χ4n) is 2.83. The Bertz CT molecular complexity index is 1210. The highest BCUT2D eigenvalue weighted by atomic mass is 19.4. The van der Waals surface area contributed by atoms with Crippen LogP contribution in [0.25, 0.3) is 0 Å². The van der Waals surface area contributed by atoms with Gasteiger partial charge in [0.25, 0.3) is 0 Å². The van der Waals surface area contributed by atoms with Gasteiger partial charge in [-0.05, 0) is 37.3 Å². The van der Waals surface area contributed by atoms with Gasteiger partial charge in [0.05, 0.1) is 22.4 Å². The number of nitriles is 1. The lowest BCUT2D eigenvalue weighted by atomic mass is 10.1. The average molecular weight is 464 g/mol. The van der Waals surface area contributed by atoms with Crippen molar-refractivity contribution in [1.82, 2.24) is 4.98 Å². The Balaban J connectivity index is 2.14. The zero-order valence-electron chi connectivity index (χ0n) is 16.8. The molecule has 0 aliphatic carbocycles. The molecule has 3 rings (SSSR count). The van der Waals surface area contributed by atoms with Gasteiger partial charge in [-0.3, -0.25) is 0 Å². The van der Waals surface area contributed by atoms with Gasteiger partial charge in [-0.25, -0.2) is 4.98 Å². The molecule has 33 heavy (non-hydrogen) atoms. The number of anilines is 3. The van der Waals surface area contributed by atoms with Gasteiger partial charge in [-0.2, -0.15) is 36.7 Å². The van der Waals surface area contributed by atoms with E-state index in [-0.39, 0.29) is 34.5 Å². The number of alkyl halides is 6. The van der Waals surface area contributed by atoms with Gasteiger partial charge in [-0.15, -0.1) is 5.11 Å². The molecule has 170 valence electrons. The molecule has 1 aromatic heterocycles. The molecular weight excluding hydrogens is 450 g/mol. The number of hydrogen-bond donors (Lipinski definition) is 2. The predicted molar refractivity (Wildman–Crippen MR) is 108 cm³/mol. The van der Waals surface area contributed by atoms with Gasteiger partial charge in [0.2, 0.25) is 0 Å². The predicted octanol–water partition coefficient (Wildman–Crippen LogP) is 7.04. The maximum absolute atomic E-state index is 13.1. The number of azo groups is 1. The van der Waals surface area contributed by atoms with E-state index >= 15 is 0 Å². The number of hydrogen-bond acceptors (Lipinski definition) is 6. The van der Waals surface area contributed by atoms with Crippen molar-refractivity contribution in [1.29, 1.82) is 5.26 Å². The normalized spacial score (nSPS) is 12.1. The number of rotatable bonds is 4. The molecule has 0 bridgehead atoms. The Morgan fingerprint density at radius 1 is 0.939 bits per heavy atom. The molecule has 0 aliphatic heterocycles. The first-order valence-electron chi connectivity index (χ1n) is 9.13. The zero-order chi connectivity index (χ0) is 24.4. The lowest BCUT2D eigenvalue weighted by Gasteiger charge is -2.13. The summed E-state index contributed by atoms with van der Waals surface area (Å²) in [5.74, 6) is -0.118. The second kappa shape index (κ2) is 8.78. The highest BCUT2D eigenvalue weighted by molar-refractivity contribution is 5.76. The minimum absolute atomic E-state index is 0.00872. The van der Waals surface area contributed by atoms with Crippen LogP contribution >= 0.6 is 0 Å². The standard InChI is InChI=1S/C21H14F6N6/c1-11-16(10-28)18(29)31-19(30-14-5-3-2-4-6-14)17(11)33-32-15-8-12(20(22,23)24)7-13(9-15)21(25,26)27/h2-9H,1H3,(H3,29,30,31). The molecule has 0 saturated heterocycles. The minimum atomic E-state index is -5.03. The topological polar surface area (TPSA) is 99.5 Å². The summed E-state index contributed by atoms with van der Waals surface area (Å²) in [4.78, 5) is 4.06. The van der Waals surface area contributed by atoms with Crippen LogP contribution in [-0.2, 0) is 12.4 Å². The van der Waals surface area contributed by atoms with Crippen molar-refractivity contribution >= 4 is 28.7 Å². The van der Waals surface area contributed by atoms with E-state index < -0.39 is 29.2 Å². The van der Waals surface area contributed by atoms with Gasteiger partial charge in [0, 0.05) is 11.3 Å². The molecule has 0 amide bonds. The van der Waals surface area contributed by atoms with Gasteiger partial charge >= 0.3 is 12.4 Å². The first kappa shape index (κ1) is 23.5. The van der Waals surface area contributed by atoms with E-state index in [2.05, 4.69) is 20.5 Å². The summed E-state index contributed by atoms with van der Waals surface area (Å²) in [6.45, 7) is 1.45. The van der Waals surface area contributed by atoms with E-state index in [9.17, 15) is 31.6 Å². The van der Waals surface area contributed by atoms with Gasteiger partial charge in [0.15, 0.2) is 5.82 Å². The third kappa shape index (κ3) is 5.38. The van der Waals surface area contributed by atoms with Crippen LogP contribution in [0.3, 0.4) is 0 Å². The molecule has 0 atom stereocenters. The summed E-state index contributed by atoms with van der Waals surface area (Å²) in [5, 5.41) is 19.6. The fraction of sp³-hybridized carbons (Fsp3) is 0.143. The van der Waals surface area contributed by atoms with Gasteiger partial charge < -0.3 is 11.1 Å². The highest BCUT2D eigenvalue weighted by Gasteiger charge is 2.37. The van der Waals surface area contributed by atoms with Crippen LogP contribution in [0, 0.1) is 18.3 Å². The Morgan fingerprint density at radius 2 is 1.52 bits per heavy atom. The van der Waals surface area contributed by atoms with E-state index in [0.29, 0.717) is 17.8 Å². The smallest absolute Gasteiger partial charge is 0.383 e. The summed E-state index contributed by atoms with van der Waals surface area (Å²) >= 11 is 0. The molecule has 3 N–H and O–H groups in total. The van der Waals surface area contributed by atoms with E-state index in [0.717, 1.165) is 0 Å². The SMILES string of the molecule is Cc1c(C#N)c(N)nc(Nc2ccccc2)c1N=Nc1cc(C(F)(F)F)cc(C(F)(F)F)c1. The molecule has 3 aromatic rings. The maximum Gasteiger partial charge on any atom is 0.416 e. The Labute approximate surface area is 183 Å². The van der Waals surface area contributed by atoms with E-state index in [1.807, 2.05) is 6.07 Å². The number of benzene rings is 2. The zero-order valence-corrected chi connectivity index (χ0v) is 16.8. The summed E-state index contributed by atoms with van der Waals surface area (Å²) in [5.41, 5.74) is 2.67. The first-order chi connectivity index (χ1) is 15.4. The second-order valence-corrected chi connectivity index (χ2v) is 6.76. The number of nitrogen functional groups attached to an aromatic ring is 1. The molecular formula is C21H14F6N6. The van der Waals surface area contributed by atoms with Crippen LogP contribution < -0.4 is 11.1 Å². The Morgan fingerprint density at radius 3 is 2.03 bits per heavy atom. The number of aromatic nitrogens is 1. The molecule has 6 nitrogen and oxygen atoms in total. The molecule has 0 radical (unpaired) electrons. The number of halogens is 6. The minimum Gasteiger partial charge on any atom is -0.383 e. The molecule has 0 saturated carbocycles. The number of nitrogens with two attached hydrogens (primary N) is 1. The Hall–Kier alpha value is -4.14. The molecule has 12 heteroatoms. The number of nitrogens with zero attached hydrogens (tertiary/aromatic N) is 4. The maximum atomic E-state index is 13.1. The molecule has 0 aliphatic rings. The quantitative estimate of drug-likeness (QED) is 0.319. The van der Waals surface area contributed by atoms with Crippen LogP contribution in [-0.4, -0.2) is 4.98 Å². The largest absolute Gasteiger partial charge is 0.416 e. The van der Waals surface area contributed by atoms with E-state index in [1.165, 1.54) is 6.92 Å². The molecule has 0 spiro atoms. The monoisotopic (exact) mass is 464 g/mol. The van der Waals surface area contributed by atoms with Crippen molar-refractivity contribution < 1.29 is 26.3 Å². The fourth-order valence-corrected chi connectivity index (χ4v) is 2.83. The molecule has 0 unspecified atom stereocenters. The lowest BCUT2D eigenvalue weighted by Crippen LogP contribution is -2.10. The summed E-state index contributed by atoms with van der Waals surface area (Å²) in [6, 6.07) is 11.2. The van der Waals surface area contributed by atoms with Crippen LogP contribution in [0.5, 0.6) is 0 Å². The van der Waals surface area contributed by atoms with Gasteiger partial charge in [0.1, 0.15) is 17.6 Å². The van der Waals surface area contributed by atoms with Crippen molar-refractivity contribution in [3.63, 3.8) is 0 Å². The van der Waals surface area contributed by atoms with Crippen LogP contribution in [0.2, 0.25) is 0 Å². The van der Waals surface area contributed by atoms with Crippen molar-refractivity contribution in [2.75, 3.05) is 11.1 Å². The van der Waals surface area contributed by atoms with Crippen LogP contribution in [0.15, 0.2) is 58.8 Å². The molecule has 2 aromatic carbocycles. The van der Waals surface area contributed by atoms with E-state index in [1.54, 1.807) is 30.3 Å². The Kier molecular flexibility index (Phi) is 6.25. The average Bonchev–Trinajstić information content (AvgIpc) is 2.73. The third-order valence-electron chi connectivity index (χ3n) is 4.43.